The number of nitrogens with zero attached hydrogens (tertiary/aromatic N) is 1. The van der Waals surface area contributed by atoms with E-state index in [-0.39, 0.29) is 17.2 Å². The van der Waals surface area contributed by atoms with Crippen molar-refractivity contribution < 1.29 is 14.3 Å². The Hall–Kier alpha value is -3.25. The van der Waals surface area contributed by atoms with Crippen LogP contribution in [0.5, 0.6) is 5.75 Å². The van der Waals surface area contributed by atoms with Crippen molar-refractivity contribution in [1.82, 2.24) is 10.2 Å². The molecule has 1 heterocycles. The third-order valence-electron chi connectivity index (χ3n) is 5.80. The second kappa shape index (κ2) is 11.7. The maximum absolute atomic E-state index is 12.6. The first-order chi connectivity index (χ1) is 16.7. The summed E-state index contributed by atoms with van der Waals surface area (Å²) in [6, 6.07) is 25.7. The minimum atomic E-state index is -0.0825. The van der Waals surface area contributed by atoms with Gasteiger partial charge in [0, 0.05) is 18.7 Å². The van der Waals surface area contributed by atoms with Crippen LogP contribution in [-0.2, 0) is 17.8 Å². The number of aryl methyl sites for hydroxylation is 1. The average Bonchev–Trinajstić information content (AvgIpc) is 3.23. The van der Waals surface area contributed by atoms with Gasteiger partial charge in [0.25, 0.3) is 5.91 Å². The van der Waals surface area contributed by atoms with Crippen molar-refractivity contribution in [2.45, 2.75) is 31.7 Å². The second-order valence-corrected chi connectivity index (χ2v) is 9.26. The summed E-state index contributed by atoms with van der Waals surface area (Å²) in [6.45, 7) is 3.80. The summed E-state index contributed by atoms with van der Waals surface area (Å²) in [4.78, 5) is 27.0. The highest BCUT2D eigenvalue weighted by molar-refractivity contribution is 8.00. The molecule has 3 aromatic rings. The number of ether oxygens (including phenoxy) is 1. The molecule has 0 radical (unpaired) electrons. The van der Waals surface area contributed by atoms with Gasteiger partial charge in [-0.25, -0.2) is 0 Å². The number of thioether (sulfide) groups is 1. The molecule has 1 aliphatic rings. The SMILES string of the molecule is CCOc1ccccc1CCCNC(=O)c1ccc([C@@H]2SCC(=O)N2Cc2ccccc2)cc1. The normalized spacial score (nSPS) is 15.4. The first kappa shape index (κ1) is 23.9. The molecule has 1 saturated heterocycles. The molecule has 1 aliphatic heterocycles. The van der Waals surface area contributed by atoms with E-state index in [1.165, 1.54) is 0 Å². The number of amides is 2. The molecule has 1 atom stereocenters. The molecular formula is C28H30N2O3S. The molecule has 5 nitrogen and oxygen atoms in total. The summed E-state index contributed by atoms with van der Waals surface area (Å²) in [7, 11) is 0. The summed E-state index contributed by atoms with van der Waals surface area (Å²) in [6.07, 6.45) is 1.68. The van der Waals surface area contributed by atoms with Crippen LogP contribution in [-0.4, -0.2) is 35.6 Å². The van der Waals surface area contributed by atoms with E-state index in [1.807, 2.05) is 84.6 Å². The topological polar surface area (TPSA) is 58.6 Å². The summed E-state index contributed by atoms with van der Waals surface area (Å²) in [5.74, 6) is 1.45. The Kier molecular flexibility index (Phi) is 8.26. The predicted octanol–water partition coefficient (Wildman–Crippen LogP) is 5.22. The van der Waals surface area contributed by atoms with Crippen LogP contribution in [0.2, 0.25) is 0 Å². The fraction of sp³-hybridized carbons (Fsp3) is 0.286. The van der Waals surface area contributed by atoms with Gasteiger partial charge in [0.05, 0.1) is 12.4 Å². The Labute approximate surface area is 205 Å². The minimum absolute atomic E-state index is 0.0322. The largest absolute Gasteiger partial charge is 0.494 e. The summed E-state index contributed by atoms with van der Waals surface area (Å²) in [5.41, 5.74) is 3.94. The number of nitrogens with one attached hydrogen (secondary N) is 1. The highest BCUT2D eigenvalue weighted by atomic mass is 32.2. The van der Waals surface area contributed by atoms with Crippen molar-refractivity contribution in [1.29, 1.82) is 0 Å². The smallest absolute Gasteiger partial charge is 0.251 e. The van der Waals surface area contributed by atoms with Crippen molar-refractivity contribution in [3.63, 3.8) is 0 Å². The van der Waals surface area contributed by atoms with Crippen LogP contribution in [0.4, 0.5) is 0 Å². The highest BCUT2D eigenvalue weighted by Crippen LogP contribution is 2.39. The van der Waals surface area contributed by atoms with E-state index in [9.17, 15) is 9.59 Å². The lowest BCUT2D eigenvalue weighted by Crippen LogP contribution is -2.28. The number of carbonyl (C=O) groups is 2. The Bertz CT molecular complexity index is 1100. The molecule has 0 aliphatic carbocycles. The van der Waals surface area contributed by atoms with Crippen molar-refractivity contribution >= 4 is 23.6 Å². The van der Waals surface area contributed by atoms with E-state index in [4.69, 9.17) is 4.74 Å². The van der Waals surface area contributed by atoms with Gasteiger partial charge in [-0.2, -0.15) is 0 Å². The van der Waals surface area contributed by atoms with Gasteiger partial charge in [-0.1, -0.05) is 60.7 Å². The Morgan fingerprint density at radius 1 is 1.03 bits per heavy atom. The summed E-state index contributed by atoms with van der Waals surface area (Å²) in [5, 5.41) is 2.98. The zero-order chi connectivity index (χ0) is 23.8. The third kappa shape index (κ3) is 6.00. The monoisotopic (exact) mass is 474 g/mol. The van der Waals surface area contributed by atoms with Crippen LogP contribution in [0, 0.1) is 0 Å². The Balaban J connectivity index is 1.30. The lowest BCUT2D eigenvalue weighted by Gasteiger charge is -2.24. The molecule has 1 fully saturated rings. The molecule has 34 heavy (non-hydrogen) atoms. The van der Waals surface area contributed by atoms with E-state index in [0.717, 1.165) is 35.3 Å². The highest BCUT2D eigenvalue weighted by Gasteiger charge is 2.32. The van der Waals surface area contributed by atoms with Crippen molar-refractivity contribution in [3.8, 4) is 5.75 Å². The van der Waals surface area contributed by atoms with Gasteiger partial charge in [-0.3, -0.25) is 9.59 Å². The van der Waals surface area contributed by atoms with Gasteiger partial charge in [0.2, 0.25) is 5.91 Å². The van der Waals surface area contributed by atoms with Crippen LogP contribution in [0.25, 0.3) is 0 Å². The zero-order valence-electron chi connectivity index (χ0n) is 19.4. The lowest BCUT2D eigenvalue weighted by molar-refractivity contribution is -0.128. The van der Waals surface area contributed by atoms with E-state index >= 15 is 0 Å². The van der Waals surface area contributed by atoms with Crippen molar-refractivity contribution in [3.05, 3.63) is 101 Å². The maximum atomic E-state index is 12.6. The molecule has 0 bridgehead atoms. The van der Waals surface area contributed by atoms with E-state index in [1.54, 1.807) is 11.8 Å². The second-order valence-electron chi connectivity index (χ2n) is 8.19. The standard InChI is InChI=1S/C28H30N2O3S/c1-2-33-25-13-7-6-11-22(25)12-8-18-29-27(32)23-14-16-24(17-15-23)28-30(26(31)20-34-28)19-21-9-4-3-5-10-21/h3-7,9-11,13-17,28H,2,8,12,18-20H2,1H3,(H,29,32)/t28-/m0/s1. The Morgan fingerprint density at radius 2 is 1.76 bits per heavy atom. The summed E-state index contributed by atoms with van der Waals surface area (Å²) < 4.78 is 5.67. The first-order valence-corrected chi connectivity index (χ1v) is 12.7. The van der Waals surface area contributed by atoms with Gasteiger partial charge in [0.1, 0.15) is 11.1 Å². The fourth-order valence-corrected chi connectivity index (χ4v) is 5.26. The molecule has 2 amide bonds. The van der Waals surface area contributed by atoms with Gasteiger partial charge in [-0.15, -0.1) is 11.8 Å². The number of hydrogen-bond acceptors (Lipinski definition) is 4. The predicted molar refractivity (Wildman–Crippen MR) is 137 cm³/mol. The molecule has 3 aromatic carbocycles. The number of para-hydroxylation sites is 1. The van der Waals surface area contributed by atoms with Crippen molar-refractivity contribution in [2.24, 2.45) is 0 Å². The lowest BCUT2D eigenvalue weighted by atomic mass is 10.1. The van der Waals surface area contributed by atoms with Crippen LogP contribution in [0.15, 0.2) is 78.9 Å². The minimum Gasteiger partial charge on any atom is -0.494 e. The van der Waals surface area contributed by atoms with Gasteiger partial charge in [0.15, 0.2) is 0 Å². The van der Waals surface area contributed by atoms with Crippen molar-refractivity contribution in [2.75, 3.05) is 18.9 Å². The van der Waals surface area contributed by atoms with Gasteiger partial charge in [-0.05, 0) is 54.7 Å². The number of hydrogen-bond donors (Lipinski definition) is 1. The van der Waals surface area contributed by atoms with E-state index in [0.29, 0.717) is 31.0 Å². The molecule has 0 saturated carbocycles. The van der Waals surface area contributed by atoms with Crippen LogP contribution < -0.4 is 10.1 Å². The molecule has 0 aromatic heterocycles. The van der Waals surface area contributed by atoms with Crippen LogP contribution in [0.3, 0.4) is 0 Å². The molecule has 4 rings (SSSR count). The zero-order valence-corrected chi connectivity index (χ0v) is 20.2. The molecule has 0 spiro atoms. The Morgan fingerprint density at radius 3 is 2.53 bits per heavy atom. The van der Waals surface area contributed by atoms with Crippen LogP contribution >= 0.6 is 11.8 Å². The van der Waals surface area contributed by atoms with Gasteiger partial charge < -0.3 is 15.0 Å². The first-order valence-electron chi connectivity index (χ1n) is 11.7. The maximum Gasteiger partial charge on any atom is 0.251 e. The quantitative estimate of drug-likeness (QED) is 0.409. The van der Waals surface area contributed by atoms with E-state index < -0.39 is 0 Å². The molecule has 6 heteroatoms. The number of rotatable bonds is 10. The number of benzene rings is 3. The van der Waals surface area contributed by atoms with E-state index in [2.05, 4.69) is 11.4 Å². The van der Waals surface area contributed by atoms with Gasteiger partial charge >= 0.3 is 0 Å². The molecular weight excluding hydrogens is 444 g/mol. The third-order valence-corrected chi connectivity index (χ3v) is 7.06. The van der Waals surface area contributed by atoms with Crippen LogP contribution in [0.1, 0.15) is 45.8 Å². The molecule has 176 valence electrons. The molecule has 0 unspecified atom stereocenters. The molecule has 1 N–H and O–H groups in total. The number of carbonyl (C=O) groups excluding carboxylic acids is 2. The average molecular weight is 475 g/mol. The fourth-order valence-electron chi connectivity index (χ4n) is 4.07. The summed E-state index contributed by atoms with van der Waals surface area (Å²) >= 11 is 1.63.